The number of amides is 2. The van der Waals surface area contributed by atoms with Gasteiger partial charge in [0, 0.05) is 60.7 Å². The van der Waals surface area contributed by atoms with Crippen LogP contribution in [0.5, 0.6) is 0 Å². The third-order valence-corrected chi connectivity index (χ3v) is 6.58. The lowest BCUT2D eigenvalue weighted by Crippen LogP contribution is -2.51. The van der Waals surface area contributed by atoms with Crippen molar-refractivity contribution in [1.29, 1.82) is 0 Å². The predicted molar refractivity (Wildman–Crippen MR) is 140 cm³/mol. The number of nitro groups is 1. The molecule has 2 aromatic carbocycles. The zero-order valence-electron chi connectivity index (χ0n) is 20.8. The predicted octanol–water partition coefficient (Wildman–Crippen LogP) is 4.07. The SMILES string of the molecule is CC(C)(C)C(=O)N1CCN(c2ccc(NC(=O)CSc3nnc(-c4cccc([N+](=O)[O-])c4)o3)cc2)CC1. The van der Waals surface area contributed by atoms with E-state index in [0.717, 1.165) is 30.5 Å². The quantitative estimate of drug-likeness (QED) is 0.276. The average molecular weight is 525 g/mol. The minimum absolute atomic E-state index is 0.0576. The Kier molecular flexibility index (Phi) is 7.77. The number of hydrogen-bond donors (Lipinski definition) is 1. The normalized spacial score (nSPS) is 13.9. The highest BCUT2D eigenvalue weighted by Crippen LogP contribution is 2.26. The van der Waals surface area contributed by atoms with Gasteiger partial charge in [0.05, 0.1) is 10.7 Å². The highest BCUT2D eigenvalue weighted by atomic mass is 32.2. The number of aromatic nitrogens is 2. The van der Waals surface area contributed by atoms with Crippen molar-refractivity contribution in [1.82, 2.24) is 15.1 Å². The first-order valence-electron chi connectivity index (χ1n) is 11.8. The van der Waals surface area contributed by atoms with Crippen molar-refractivity contribution in [3.8, 4) is 11.5 Å². The van der Waals surface area contributed by atoms with Gasteiger partial charge in [-0.15, -0.1) is 10.2 Å². The molecule has 0 saturated carbocycles. The minimum Gasteiger partial charge on any atom is -0.411 e. The summed E-state index contributed by atoms with van der Waals surface area (Å²) in [5.41, 5.74) is 1.68. The van der Waals surface area contributed by atoms with Crippen LogP contribution in [0.3, 0.4) is 0 Å². The summed E-state index contributed by atoms with van der Waals surface area (Å²) < 4.78 is 5.54. The van der Waals surface area contributed by atoms with Crippen LogP contribution in [-0.2, 0) is 9.59 Å². The summed E-state index contributed by atoms with van der Waals surface area (Å²) in [6.45, 7) is 8.70. The van der Waals surface area contributed by atoms with Gasteiger partial charge in [-0.1, -0.05) is 38.6 Å². The fraction of sp³-hybridized carbons (Fsp3) is 0.360. The molecule has 0 atom stereocenters. The van der Waals surface area contributed by atoms with Crippen molar-refractivity contribution in [3.63, 3.8) is 0 Å². The average Bonchev–Trinajstić information content (AvgIpc) is 3.36. The van der Waals surface area contributed by atoms with Crippen molar-refractivity contribution in [2.24, 2.45) is 5.41 Å². The van der Waals surface area contributed by atoms with E-state index in [-0.39, 0.29) is 39.8 Å². The zero-order chi connectivity index (χ0) is 26.6. The number of carbonyl (C=O) groups is 2. The van der Waals surface area contributed by atoms with Gasteiger partial charge in [-0.2, -0.15) is 0 Å². The molecule has 2 amide bonds. The molecule has 1 aromatic heterocycles. The van der Waals surface area contributed by atoms with E-state index in [0.29, 0.717) is 24.3 Å². The second-order valence-electron chi connectivity index (χ2n) is 9.59. The number of nitro benzene ring substituents is 1. The van der Waals surface area contributed by atoms with Gasteiger partial charge in [-0.25, -0.2) is 0 Å². The van der Waals surface area contributed by atoms with Crippen molar-refractivity contribution in [2.45, 2.75) is 26.0 Å². The van der Waals surface area contributed by atoms with Gasteiger partial charge in [0.25, 0.3) is 10.9 Å². The molecular formula is C25H28N6O5S. The van der Waals surface area contributed by atoms with E-state index in [1.165, 1.54) is 18.2 Å². The maximum atomic E-state index is 12.5. The van der Waals surface area contributed by atoms with Crippen LogP contribution in [0, 0.1) is 15.5 Å². The van der Waals surface area contributed by atoms with Crippen LogP contribution < -0.4 is 10.2 Å². The summed E-state index contributed by atoms with van der Waals surface area (Å²) >= 11 is 1.08. The Balaban J connectivity index is 1.26. The molecule has 0 spiro atoms. The summed E-state index contributed by atoms with van der Waals surface area (Å²) in [7, 11) is 0. The standard InChI is InChI=1S/C25H28N6O5S/c1-25(2,3)23(33)30-13-11-29(12-14-30)19-9-7-18(8-10-19)26-21(32)16-37-24-28-27-22(36-24)17-5-4-6-20(15-17)31(34)35/h4-10,15H,11-14,16H2,1-3H3,(H,26,32). The van der Waals surface area contributed by atoms with E-state index in [1.807, 2.05) is 49.9 Å². The minimum atomic E-state index is -0.497. The Hall–Kier alpha value is -3.93. The Bertz CT molecular complexity index is 1280. The van der Waals surface area contributed by atoms with Crippen molar-refractivity contribution < 1.29 is 18.9 Å². The Morgan fingerprint density at radius 2 is 1.78 bits per heavy atom. The van der Waals surface area contributed by atoms with Crippen LogP contribution in [-0.4, -0.2) is 63.8 Å². The fourth-order valence-corrected chi connectivity index (χ4v) is 4.42. The van der Waals surface area contributed by atoms with Crippen LogP contribution >= 0.6 is 11.8 Å². The lowest BCUT2D eigenvalue weighted by atomic mass is 9.94. The first-order valence-corrected chi connectivity index (χ1v) is 12.7. The number of nitrogens with one attached hydrogen (secondary N) is 1. The molecule has 11 nitrogen and oxygen atoms in total. The van der Waals surface area contributed by atoms with E-state index in [9.17, 15) is 19.7 Å². The number of thioether (sulfide) groups is 1. The molecule has 0 bridgehead atoms. The van der Waals surface area contributed by atoms with Gasteiger partial charge < -0.3 is 19.5 Å². The molecular weight excluding hydrogens is 496 g/mol. The Labute approximate surface area is 218 Å². The van der Waals surface area contributed by atoms with Crippen molar-refractivity contribution in [3.05, 3.63) is 58.6 Å². The van der Waals surface area contributed by atoms with Crippen LogP contribution in [0.2, 0.25) is 0 Å². The summed E-state index contributed by atoms with van der Waals surface area (Å²) in [5, 5.41) is 21.8. The largest absolute Gasteiger partial charge is 0.411 e. The summed E-state index contributed by atoms with van der Waals surface area (Å²) in [6.07, 6.45) is 0. The molecule has 12 heteroatoms. The smallest absolute Gasteiger partial charge is 0.277 e. The second kappa shape index (κ2) is 11.0. The van der Waals surface area contributed by atoms with Crippen LogP contribution in [0.25, 0.3) is 11.5 Å². The van der Waals surface area contributed by atoms with Gasteiger partial charge in [0.1, 0.15) is 0 Å². The lowest BCUT2D eigenvalue weighted by molar-refractivity contribution is -0.384. The molecule has 194 valence electrons. The summed E-state index contributed by atoms with van der Waals surface area (Å²) in [6, 6.07) is 13.5. The molecule has 1 N–H and O–H groups in total. The van der Waals surface area contributed by atoms with Gasteiger partial charge >= 0.3 is 0 Å². The monoisotopic (exact) mass is 524 g/mol. The molecule has 0 aliphatic carbocycles. The van der Waals surface area contributed by atoms with Gasteiger partial charge in [0.15, 0.2) is 0 Å². The Morgan fingerprint density at radius 1 is 1.08 bits per heavy atom. The van der Waals surface area contributed by atoms with Crippen molar-refractivity contribution in [2.75, 3.05) is 42.1 Å². The first kappa shape index (κ1) is 26.1. The summed E-state index contributed by atoms with van der Waals surface area (Å²) in [4.78, 5) is 39.5. The van der Waals surface area contributed by atoms with Crippen LogP contribution in [0.15, 0.2) is 58.2 Å². The van der Waals surface area contributed by atoms with Crippen molar-refractivity contribution >= 4 is 40.6 Å². The molecule has 1 fully saturated rings. The molecule has 1 aliphatic rings. The zero-order valence-corrected chi connectivity index (χ0v) is 21.7. The van der Waals surface area contributed by atoms with E-state index < -0.39 is 4.92 Å². The molecule has 37 heavy (non-hydrogen) atoms. The van der Waals surface area contributed by atoms with Crippen LogP contribution in [0.4, 0.5) is 17.1 Å². The van der Waals surface area contributed by atoms with E-state index in [4.69, 9.17) is 4.42 Å². The van der Waals surface area contributed by atoms with Gasteiger partial charge in [-0.05, 0) is 30.3 Å². The highest BCUT2D eigenvalue weighted by molar-refractivity contribution is 7.99. The summed E-state index contributed by atoms with van der Waals surface area (Å²) in [5.74, 6) is 0.138. The number of nitrogens with zero attached hydrogens (tertiary/aromatic N) is 5. The molecule has 4 rings (SSSR count). The lowest BCUT2D eigenvalue weighted by Gasteiger charge is -2.38. The highest BCUT2D eigenvalue weighted by Gasteiger charge is 2.29. The van der Waals surface area contributed by atoms with Gasteiger partial charge in [0.2, 0.25) is 17.7 Å². The number of piperazine rings is 1. The topological polar surface area (TPSA) is 135 Å². The van der Waals surface area contributed by atoms with Crippen LogP contribution in [0.1, 0.15) is 20.8 Å². The Morgan fingerprint density at radius 3 is 2.43 bits per heavy atom. The van der Waals surface area contributed by atoms with E-state index >= 15 is 0 Å². The molecule has 1 saturated heterocycles. The molecule has 3 aromatic rings. The number of benzene rings is 2. The third-order valence-electron chi connectivity index (χ3n) is 5.76. The maximum absolute atomic E-state index is 12.5. The fourth-order valence-electron chi connectivity index (χ4n) is 3.86. The third kappa shape index (κ3) is 6.64. The molecule has 1 aliphatic heterocycles. The van der Waals surface area contributed by atoms with E-state index in [1.54, 1.807) is 6.07 Å². The maximum Gasteiger partial charge on any atom is 0.277 e. The molecule has 2 heterocycles. The number of non-ortho nitro benzene ring substituents is 1. The molecule has 0 radical (unpaired) electrons. The number of carbonyl (C=O) groups excluding carboxylic acids is 2. The van der Waals surface area contributed by atoms with Gasteiger partial charge in [-0.3, -0.25) is 19.7 Å². The van der Waals surface area contributed by atoms with E-state index in [2.05, 4.69) is 20.4 Å². The number of hydrogen-bond acceptors (Lipinski definition) is 9. The second-order valence-corrected chi connectivity index (χ2v) is 10.5. The molecule has 0 unspecified atom stereocenters. The first-order chi connectivity index (χ1) is 17.6. The number of anilines is 2. The number of rotatable bonds is 7.